The van der Waals surface area contributed by atoms with Gasteiger partial charge < -0.3 is 4.79 Å². The topological polar surface area (TPSA) is 40.6 Å². The zero-order valence-electron chi connectivity index (χ0n) is 9.80. The van der Waals surface area contributed by atoms with E-state index in [1.165, 1.54) is 0 Å². The van der Waals surface area contributed by atoms with Crippen LogP contribution in [0, 0.1) is 5.92 Å². The van der Waals surface area contributed by atoms with Crippen molar-refractivity contribution < 1.29 is 42.3 Å². The van der Waals surface area contributed by atoms with Crippen LogP contribution in [0.25, 0.3) is 0 Å². The van der Waals surface area contributed by atoms with E-state index in [1.54, 1.807) is 18.0 Å². The molecule has 0 spiro atoms. The third-order valence-electron chi connectivity index (χ3n) is 3.43. The van der Waals surface area contributed by atoms with Gasteiger partial charge in [-0.2, -0.15) is 0 Å². The molecule has 3 atom stereocenters. The molecule has 5 heteroatoms. The molecular weight excluding hydrogens is 281 g/mol. The molecule has 0 aromatic carbocycles. The molecule has 2 aliphatic rings. The Labute approximate surface area is 121 Å². The molecule has 0 saturated carbocycles. The van der Waals surface area contributed by atoms with Crippen LogP contribution in [0.15, 0.2) is 12.2 Å². The van der Waals surface area contributed by atoms with Crippen molar-refractivity contribution in [3.05, 3.63) is 12.2 Å². The maximum Gasteiger partial charge on any atom is 3.00 e. The molecule has 4 nitrogen and oxygen atoms in total. The van der Waals surface area contributed by atoms with Crippen LogP contribution < -0.4 is 0 Å². The van der Waals surface area contributed by atoms with Crippen molar-refractivity contribution in [1.29, 1.82) is 0 Å². The molecule has 1 saturated heterocycles. The van der Waals surface area contributed by atoms with Crippen LogP contribution in [-0.2, 0) is 42.3 Å². The fourth-order valence-electron chi connectivity index (χ4n) is 2.25. The minimum Gasteiger partial charge on any atom is -0.539 e. The average molecular weight is 296 g/mol. The minimum atomic E-state index is -0.922. The summed E-state index contributed by atoms with van der Waals surface area (Å²) in [4.78, 5) is 23.0. The van der Waals surface area contributed by atoms with Gasteiger partial charge in [-0.1, -0.05) is 26.0 Å². The van der Waals surface area contributed by atoms with E-state index in [4.69, 9.17) is 0 Å². The van der Waals surface area contributed by atoms with Gasteiger partial charge in [0.1, 0.15) is 0 Å². The van der Waals surface area contributed by atoms with E-state index in [-0.39, 0.29) is 50.6 Å². The van der Waals surface area contributed by atoms with E-state index in [1.807, 2.05) is 31.2 Å². The molecule has 82 valence electrons. The maximum atomic E-state index is 12.0. The number of fused-ring (bicyclic) bond motifs is 1. The Hall–Kier alpha value is -0.0561. The molecule has 0 aromatic rings. The summed E-state index contributed by atoms with van der Waals surface area (Å²) in [5, 5.41) is 3.49. The fourth-order valence-corrected chi connectivity index (χ4v) is 2.25. The summed E-state index contributed by atoms with van der Waals surface area (Å²) < 4.78 is 0. The smallest absolute Gasteiger partial charge is 0.539 e. The number of hydrogen-bond acceptors (Lipinski definition) is 3. The molecule has 1 amide bonds. The number of amides is 1. The van der Waals surface area contributed by atoms with E-state index in [2.05, 4.69) is 0 Å². The van der Waals surface area contributed by atoms with Crippen LogP contribution in [0.5, 0.6) is 0 Å². The Morgan fingerprint density at radius 2 is 2.12 bits per heavy atom. The molecule has 2 heterocycles. The van der Waals surface area contributed by atoms with Gasteiger partial charge in [-0.25, -0.2) is 11.3 Å². The SMILES string of the molecule is CC1C(=O)N2N(CC=CC2(C)[C-]=O)C1C.[Y+3]. The second-order valence-electron chi connectivity index (χ2n) is 4.45. The van der Waals surface area contributed by atoms with Gasteiger partial charge in [0.15, 0.2) is 0 Å². The molecule has 3 unspecified atom stereocenters. The Kier molecular flexibility index (Phi) is 4.09. The van der Waals surface area contributed by atoms with E-state index in [9.17, 15) is 9.59 Å². The fraction of sp³-hybridized carbons (Fsp3) is 0.636. The first-order chi connectivity index (χ1) is 7.01. The van der Waals surface area contributed by atoms with Crippen LogP contribution in [0.3, 0.4) is 0 Å². The number of nitrogens with zero attached hydrogens (tertiary/aromatic N) is 2. The van der Waals surface area contributed by atoms with Gasteiger partial charge in [-0.3, -0.25) is 9.80 Å². The molecule has 0 aromatic heterocycles. The average Bonchev–Trinajstić information content (AvgIpc) is 2.45. The largest absolute Gasteiger partial charge is 3.00 e. The second kappa shape index (κ2) is 4.67. The zero-order valence-corrected chi connectivity index (χ0v) is 12.6. The van der Waals surface area contributed by atoms with Crippen molar-refractivity contribution in [2.75, 3.05) is 6.54 Å². The standard InChI is InChI=1S/C11H15N2O2.Y/c1-8-9(2)12-6-4-5-11(3,7-14)13(12)10(8)15;/h4-5,8-9H,6H2,1-3H3;/q-1;+3. The van der Waals surface area contributed by atoms with Crippen molar-refractivity contribution in [3.63, 3.8) is 0 Å². The predicted octanol–water partition coefficient (Wildman–Crippen LogP) is 0.506. The van der Waals surface area contributed by atoms with Crippen LogP contribution in [0.4, 0.5) is 0 Å². The molecule has 1 fully saturated rings. The summed E-state index contributed by atoms with van der Waals surface area (Å²) in [6, 6.07) is 0.148. The first-order valence-corrected chi connectivity index (χ1v) is 5.19. The Morgan fingerprint density at radius 1 is 1.50 bits per heavy atom. The van der Waals surface area contributed by atoms with Gasteiger partial charge in [0.2, 0.25) is 5.91 Å². The summed E-state index contributed by atoms with van der Waals surface area (Å²) in [6.07, 6.45) is 5.62. The summed E-state index contributed by atoms with van der Waals surface area (Å²) in [5.74, 6) is -0.0460. The Morgan fingerprint density at radius 3 is 2.69 bits per heavy atom. The Bertz CT molecular complexity index is 345. The molecule has 0 radical (unpaired) electrons. The second-order valence-corrected chi connectivity index (χ2v) is 4.45. The summed E-state index contributed by atoms with van der Waals surface area (Å²) >= 11 is 0. The Balaban J connectivity index is 0.00000128. The minimum absolute atomic E-state index is 0. The molecule has 0 N–H and O–H groups in total. The summed E-state index contributed by atoms with van der Waals surface area (Å²) in [6.45, 7) is 6.31. The number of carbonyl (C=O) groups is 1. The molecule has 0 bridgehead atoms. The van der Waals surface area contributed by atoms with Gasteiger partial charge >= 0.3 is 32.7 Å². The van der Waals surface area contributed by atoms with Crippen LogP contribution in [0.2, 0.25) is 0 Å². The van der Waals surface area contributed by atoms with Crippen molar-refractivity contribution >= 4 is 12.2 Å². The van der Waals surface area contributed by atoms with E-state index >= 15 is 0 Å². The number of carbonyl (C=O) groups excluding carboxylic acids is 2. The molecule has 2 aliphatic heterocycles. The number of hydrazine groups is 1. The van der Waals surface area contributed by atoms with Gasteiger partial charge in [-0.15, -0.1) is 0 Å². The molecule has 0 aliphatic carbocycles. The van der Waals surface area contributed by atoms with E-state index < -0.39 is 5.54 Å². The first kappa shape index (κ1) is 14.0. The van der Waals surface area contributed by atoms with Crippen molar-refractivity contribution in [3.8, 4) is 0 Å². The third kappa shape index (κ3) is 1.81. The van der Waals surface area contributed by atoms with E-state index in [0.717, 1.165) is 0 Å². The summed E-state index contributed by atoms with van der Waals surface area (Å²) in [7, 11) is 0. The number of hydrogen-bond donors (Lipinski definition) is 0. The quantitative estimate of drug-likeness (QED) is 0.523. The summed E-state index contributed by atoms with van der Waals surface area (Å²) in [5.41, 5.74) is -0.922. The molecule has 16 heavy (non-hydrogen) atoms. The number of rotatable bonds is 1. The predicted molar refractivity (Wildman–Crippen MR) is 55.4 cm³/mol. The van der Waals surface area contributed by atoms with Crippen LogP contribution >= 0.6 is 0 Å². The monoisotopic (exact) mass is 296 g/mol. The zero-order chi connectivity index (χ0) is 11.2. The third-order valence-corrected chi connectivity index (χ3v) is 3.43. The van der Waals surface area contributed by atoms with Gasteiger partial charge in [0.25, 0.3) is 0 Å². The van der Waals surface area contributed by atoms with Crippen LogP contribution in [0.1, 0.15) is 20.8 Å². The van der Waals surface area contributed by atoms with Crippen molar-refractivity contribution in [2.45, 2.75) is 32.4 Å². The van der Waals surface area contributed by atoms with Gasteiger partial charge in [-0.05, 0) is 12.5 Å². The molecule has 2 rings (SSSR count). The van der Waals surface area contributed by atoms with Gasteiger partial charge in [0, 0.05) is 12.6 Å². The van der Waals surface area contributed by atoms with Crippen molar-refractivity contribution in [2.24, 2.45) is 5.92 Å². The maximum absolute atomic E-state index is 12.0. The normalized spacial score (nSPS) is 38.2. The van der Waals surface area contributed by atoms with Crippen LogP contribution in [-0.4, -0.2) is 40.3 Å². The van der Waals surface area contributed by atoms with Gasteiger partial charge in [0.05, 0.1) is 5.92 Å². The molecular formula is C11H15N2O2Y+2. The van der Waals surface area contributed by atoms with E-state index in [0.29, 0.717) is 6.54 Å². The first-order valence-electron chi connectivity index (χ1n) is 5.19. The van der Waals surface area contributed by atoms with Crippen molar-refractivity contribution in [1.82, 2.24) is 10.0 Å².